The van der Waals surface area contributed by atoms with E-state index in [1.54, 1.807) is 0 Å². The van der Waals surface area contributed by atoms with Gasteiger partial charge < -0.3 is 10.3 Å². The second-order valence-corrected chi connectivity index (χ2v) is 9.82. The lowest BCUT2D eigenvalue weighted by atomic mass is 9.49. The van der Waals surface area contributed by atoms with Crippen LogP contribution in [0, 0.1) is 37.0 Å². The second kappa shape index (κ2) is 6.47. The van der Waals surface area contributed by atoms with Gasteiger partial charge in [-0.15, -0.1) is 0 Å². The van der Waals surface area contributed by atoms with Gasteiger partial charge in [0.15, 0.2) is 0 Å². The maximum absolute atomic E-state index is 13.1. The number of fused-ring (bicyclic) bond motifs is 1. The van der Waals surface area contributed by atoms with Crippen molar-refractivity contribution < 1.29 is 4.79 Å². The van der Waals surface area contributed by atoms with E-state index in [2.05, 4.69) is 23.3 Å². The molecule has 0 radical (unpaired) electrons. The fourth-order valence-electron chi connectivity index (χ4n) is 6.69. The molecule has 4 aliphatic carbocycles. The first-order valence-electron chi connectivity index (χ1n) is 10.8. The van der Waals surface area contributed by atoms with Gasteiger partial charge >= 0.3 is 0 Å². The molecule has 4 fully saturated rings. The first-order valence-corrected chi connectivity index (χ1v) is 10.8. The highest BCUT2D eigenvalue weighted by molar-refractivity contribution is 5.85. The van der Waals surface area contributed by atoms with Crippen molar-refractivity contribution in [1.29, 1.82) is 0 Å². The number of H-pyrrole nitrogens is 1. The fourth-order valence-corrected chi connectivity index (χ4v) is 6.69. The summed E-state index contributed by atoms with van der Waals surface area (Å²) >= 11 is 0. The van der Waals surface area contributed by atoms with Crippen LogP contribution in [-0.2, 0) is 11.2 Å². The molecule has 28 heavy (non-hydrogen) atoms. The lowest BCUT2D eigenvalue weighted by molar-refractivity contribution is -0.146. The molecule has 4 nitrogen and oxygen atoms in total. The third-order valence-corrected chi connectivity index (χ3v) is 7.72. The molecular weight excluding hydrogens is 348 g/mol. The lowest BCUT2D eigenvalue weighted by Gasteiger charge is -2.55. The van der Waals surface area contributed by atoms with E-state index in [1.165, 1.54) is 19.3 Å². The maximum atomic E-state index is 13.1. The van der Waals surface area contributed by atoms with Crippen LogP contribution in [0.1, 0.15) is 55.2 Å². The van der Waals surface area contributed by atoms with E-state index in [-0.39, 0.29) is 16.9 Å². The molecule has 0 spiro atoms. The van der Waals surface area contributed by atoms with E-state index >= 15 is 0 Å². The minimum Gasteiger partial charge on any atom is -0.355 e. The van der Waals surface area contributed by atoms with Crippen LogP contribution in [0.3, 0.4) is 0 Å². The van der Waals surface area contributed by atoms with Gasteiger partial charge in [-0.1, -0.05) is 12.1 Å². The van der Waals surface area contributed by atoms with Crippen molar-refractivity contribution in [3.8, 4) is 0 Å². The molecule has 2 aromatic rings. The molecule has 0 aliphatic heterocycles. The molecule has 4 aliphatic rings. The number of aromatic nitrogens is 1. The summed E-state index contributed by atoms with van der Waals surface area (Å²) in [5, 5.41) is 4.30. The maximum Gasteiger partial charge on any atom is 0.251 e. The number of carbonyl (C=O) groups is 1. The first-order chi connectivity index (χ1) is 13.4. The fraction of sp³-hybridized carbons (Fsp3) is 0.583. The highest BCUT2D eigenvalue weighted by atomic mass is 16.2. The number of pyridine rings is 1. The molecule has 1 aromatic heterocycles. The number of amides is 1. The van der Waals surface area contributed by atoms with Crippen LogP contribution in [0.2, 0.25) is 0 Å². The van der Waals surface area contributed by atoms with Crippen molar-refractivity contribution >= 4 is 16.8 Å². The Hall–Kier alpha value is -2.10. The molecule has 1 aromatic carbocycles. The summed E-state index contributed by atoms with van der Waals surface area (Å²) in [4.78, 5) is 28.7. The SMILES string of the molecule is Cc1ccc(C)c2[nH]c(=O)c(CCNC(=O)C34CC5CC(CC(C5)C3)C4)cc12. The zero-order valence-electron chi connectivity index (χ0n) is 16.9. The predicted octanol–water partition coefficient (Wildman–Crippen LogP) is 4.02. The van der Waals surface area contributed by atoms with Gasteiger partial charge in [0.1, 0.15) is 0 Å². The van der Waals surface area contributed by atoms with Gasteiger partial charge in [0.05, 0.1) is 5.52 Å². The topological polar surface area (TPSA) is 62.0 Å². The average Bonchev–Trinajstić information content (AvgIpc) is 2.64. The Morgan fingerprint density at radius 1 is 1.07 bits per heavy atom. The van der Waals surface area contributed by atoms with Gasteiger partial charge in [0.2, 0.25) is 5.91 Å². The van der Waals surface area contributed by atoms with E-state index in [1.807, 2.05) is 19.1 Å². The number of carbonyl (C=O) groups excluding carboxylic acids is 1. The smallest absolute Gasteiger partial charge is 0.251 e. The van der Waals surface area contributed by atoms with Gasteiger partial charge in [0, 0.05) is 22.9 Å². The molecule has 1 amide bonds. The molecule has 4 heteroatoms. The summed E-state index contributed by atoms with van der Waals surface area (Å²) < 4.78 is 0. The van der Waals surface area contributed by atoms with Crippen LogP contribution in [0.15, 0.2) is 23.0 Å². The summed E-state index contributed by atoms with van der Waals surface area (Å²) in [6, 6.07) is 6.14. The van der Waals surface area contributed by atoms with Crippen molar-refractivity contribution in [3.05, 3.63) is 45.2 Å². The number of benzene rings is 1. The van der Waals surface area contributed by atoms with E-state index in [0.717, 1.165) is 64.6 Å². The van der Waals surface area contributed by atoms with Crippen LogP contribution >= 0.6 is 0 Å². The Bertz CT molecular complexity index is 968. The highest BCUT2D eigenvalue weighted by Crippen LogP contribution is 2.60. The zero-order valence-corrected chi connectivity index (χ0v) is 16.9. The number of hydrogen-bond acceptors (Lipinski definition) is 2. The molecule has 148 valence electrons. The minimum atomic E-state index is -0.113. The summed E-state index contributed by atoms with van der Waals surface area (Å²) in [6.07, 6.45) is 7.86. The van der Waals surface area contributed by atoms with Crippen LogP contribution in [-0.4, -0.2) is 17.4 Å². The van der Waals surface area contributed by atoms with Crippen LogP contribution in [0.5, 0.6) is 0 Å². The summed E-state index contributed by atoms with van der Waals surface area (Å²) in [7, 11) is 0. The molecule has 4 bridgehead atoms. The van der Waals surface area contributed by atoms with Gasteiger partial charge in [-0.25, -0.2) is 0 Å². The van der Waals surface area contributed by atoms with Gasteiger partial charge in [-0.2, -0.15) is 0 Å². The summed E-state index contributed by atoms with van der Waals surface area (Å²) in [6.45, 7) is 4.63. The zero-order chi connectivity index (χ0) is 19.5. The number of aryl methyl sites for hydroxylation is 2. The van der Waals surface area contributed by atoms with Gasteiger partial charge in [-0.05, 0) is 93.7 Å². The molecule has 2 N–H and O–H groups in total. The standard InChI is InChI=1S/C24H30N2O2/c1-14-3-4-15(2)21-20(14)10-19(22(27)26-21)5-6-25-23(28)24-11-16-7-17(12-24)9-18(8-16)13-24/h3-4,10,16-18H,5-9,11-13H2,1-2H3,(H,25,28)(H,26,27). The van der Waals surface area contributed by atoms with Gasteiger partial charge in [0.25, 0.3) is 5.56 Å². The average molecular weight is 379 g/mol. The molecule has 1 heterocycles. The van der Waals surface area contributed by atoms with Crippen molar-refractivity contribution in [2.75, 3.05) is 6.54 Å². The molecule has 0 saturated heterocycles. The number of hydrogen-bond donors (Lipinski definition) is 2. The van der Waals surface area contributed by atoms with Crippen molar-refractivity contribution in [3.63, 3.8) is 0 Å². The van der Waals surface area contributed by atoms with E-state index < -0.39 is 0 Å². The van der Waals surface area contributed by atoms with Crippen LogP contribution in [0.25, 0.3) is 10.9 Å². The Balaban J connectivity index is 1.30. The predicted molar refractivity (Wildman–Crippen MR) is 111 cm³/mol. The molecular formula is C24H30N2O2. The first kappa shape index (κ1) is 18.0. The Morgan fingerprint density at radius 2 is 1.68 bits per heavy atom. The normalized spacial score (nSPS) is 30.7. The number of rotatable bonds is 4. The lowest BCUT2D eigenvalue weighted by Crippen LogP contribution is -2.53. The van der Waals surface area contributed by atoms with Crippen molar-refractivity contribution in [2.24, 2.45) is 23.2 Å². The van der Waals surface area contributed by atoms with E-state index in [4.69, 9.17) is 0 Å². The van der Waals surface area contributed by atoms with Crippen molar-refractivity contribution in [1.82, 2.24) is 10.3 Å². The summed E-state index contributed by atoms with van der Waals surface area (Å²) in [5.74, 6) is 2.56. The number of nitrogens with one attached hydrogen (secondary N) is 2. The van der Waals surface area contributed by atoms with E-state index in [0.29, 0.717) is 13.0 Å². The molecule has 0 unspecified atom stereocenters. The van der Waals surface area contributed by atoms with Crippen molar-refractivity contribution in [2.45, 2.75) is 58.8 Å². The van der Waals surface area contributed by atoms with Gasteiger partial charge in [-0.3, -0.25) is 9.59 Å². The molecule has 0 atom stereocenters. The highest BCUT2D eigenvalue weighted by Gasteiger charge is 2.54. The minimum absolute atomic E-state index is 0.0368. The number of aromatic amines is 1. The second-order valence-electron chi connectivity index (χ2n) is 9.82. The largest absolute Gasteiger partial charge is 0.355 e. The Morgan fingerprint density at radius 3 is 2.32 bits per heavy atom. The molecule has 4 saturated carbocycles. The molecule has 6 rings (SSSR count). The third-order valence-electron chi connectivity index (χ3n) is 7.72. The summed E-state index contributed by atoms with van der Waals surface area (Å²) in [5.41, 5.74) is 3.77. The quantitative estimate of drug-likeness (QED) is 0.844. The monoisotopic (exact) mass is 378 g/mol. The van der Waals surface area contributed by atoms with Crippen LogP contribution in [0.4, 0.5) is 0 Å². The Labute approximate surface area is 166 Å². The van der Waals surface area contributed by atoms with E-state index in [9.17, 15) is 9.59 Å². The third kappa shape index (κ3) is 2.89. The van der Waals surface area contributed by atoms with Crippen LogP contribution < -0.4 is 10.9 Å². The Kier molecular flexibility index (Phi) is 4.15.